The lowest BCUT2D eigenvalue weighted by Gasteiger charge is -2.18. The van der Waals surface area contributed by atoms with Crippen molar-refractivity contribution in [2.45, 2.75) is 37.5 Å². The van der Waals surface area contributed by atoms with Crippen LogP contribution < -0.4 is 9.64 Å². The molecular formula is C18H17F3N6O. The molecule has 28 heavy (non-hydrogen) atoms. The summed E-state index contributed by atoms with van der Waals surface area (Å²) in [4.78, 5) is 5.87. The molecule has 0 N–H and O–H groups in total. The molecule has 0 amide bonds. The number of halogens is 3. The lowest BCUT2D eigenvalue weighted by atomic mass is 10.3. The van der Waals surface area contributed by atoms with Crippen molar-refractivity contribution in [3.8, 4) is 5.88 Å². The van der Waals surface area contributed by atoms with E-state index in [0.717, 1.165) is 55.4 Å². The van der Waals surface area contributed by atoms with Crippen LogP contribution in [0, 0.1) is 0 Å². The number of anilines is 1. The number of hydrogen-bond donors (Lipinski definition) is 0. The third kappa shape index (κ3) is 3.23. The van der Waals surface area contributed by atoms with Gasteiger partial charge < -0.3 is 9.64 Å². The topological polar surface area (TPSA) is 68.4 Å². The maximum atomic E-state index is 12.6. The van der Waals surface area contributed by atoms with Crippen LogP contribution in [-0.4, -0.2) is 44.0 Å². The number of ether oxygens (including phenoxy) is 1. The second-order valence-electron chi connectivity index (χ2n) is 7.15. The van der Waals surface area contributed by atoms with Crippen LogP contribution >= 0.6 is 0 Å². The van der Waals surface area contributed by atoms with Crippen molar-refractivity contribution in [2.24, 2.45) is 0 Å². The van der Waals surface area contributed by atoms with E-state index in [1.807, 2.05) is 12.1 Å². The van der Waals surface area contributed by atoms with Crippen LogP contribution in [-0.2, 0) is 6.18 Å². The monoisotopic (exact) mass is 390 g/mol. The van der Waals surface area contributed by atoms with Gasteiger partial charge in [-0.05, 0) is 31.0 Å². The van der Waals surface area contributed by atoms with Crippen LogP contribution in [0.1, 0.15) is 36.6 Å². The Morgan fingerprint density at radius 3 is 2.61 bits per heavy atom. The molecule has 3 aromatic heterocycles. The molecule has 0 spiro atoms. The Morgan fingerprint density at radius 1 is 1.04 bits per heavy atom. The Hall–Kier alpha value is -2.91. The van der Waals surface area contributed by atoms with Crippen molar-refractivity contribution in [3.63, 3.8) is 0 Å². The van der Waals surface area contributed by atoms with E-state index in [4.69, 9.17) is 4.74 Å². The Morgan fingerprint density at radius 2 is 1.89 bits per heavy atom. The molecular weight excluding hydrogens is 373 g/mol. The molecule has 7 nitrogen and oxygen atoms in total. The number of fused-ring (bicyclic) bond motifs is 1. The summed E-state index contributed by atoms with van der Waals surface area (Å²) in [6.45, 7) is 1.33. The zero-order chi connectivity index (χ0) is 19.3. The Balaban J connectivity index is 1.28. The SMILES string of the molecule is FC(F)(F)c1ccc(OC2CCN(c3ccc4nnc(C5CC5)n4n3)C2)nc1. The molecule has 4 heterocycles. The van der Waals surface area contributed by atoms with Crippen LogP contribution in [0.3, 0.4) is 0 Å². The molecule has 1 aliphatic heterocycles. The summed E-state index contributed by atoms with van der Waals surface area (Å²) in [6, 6.07) is 6.04. The first-order valence-corrected chi connectivity index (χ1v) is 9.14. The molecule has 146 valence electrons. The van der Waals surface area contributed by atoms with Crippen LogP contribution in [0.25, 0.3) is 5.65 Å². The van der Waals surface area contributed by atoms with Gasteiger partial charge in [-0.1, -0.05) is 0 Å². The molecule has 1 unspecified atom stereocenters. The highest BCUT2D eigenvalue weighted by molar-refractivity contribution is 5.47. The van der Waals surface area contributed by atoms with Gasteiger partial charge in [0.05, 0.1) is 12.1 Å². The summed E-state index contributed by atoms with van der Waals surface area (Å²) in [7, 11) is 0. The first-order chi connectivity index (χ1) is 13.5. The minimum absolute atomic E-state index is 0.162. The zero-order valence-electron chi connectivity index (χ0n) is 14.8. The van der Waals surface area contributed by atoms with Crippen LogP contribution in [0.2, 0.25) is 0 Å². The van der Waals surface area contributed by atoms with Crippen LogP contribution in [0.5, 0.6) is 5.88 Å². The molecule has 1 saturated carbocycles. The van der Waals surface area contributed by atoms with Crippen molar-refractivity contribution < 1.29 is 17.9 Å². The van der Waals surface area contributed by atoms with E-state index in [-0.39, 0.29) is 12.0 Å². The first-order valence-electron chi connectivity index (χ1n) is 9.14. The maximum Gasteiger partial charge on any atom is 0.417 e. The predicted octanol–water partition coefficient (Wildman–Crippen LogP) is 3.07. The third-order valence-corrected chi connectivity index (χ3v) is 5.04. The van der Waals surface area contributed by atoms with E-state index in [0.29, 0.717) is 12.5 Å². The lowest BCUT2D eigenvalue weighted by molar-refractivity contribution is -0.137. The number of hydrogen-bond acceptors (Lipinski definition) is 6. The number of rotatable bonds is 4. The fourth-order valence-corrected chi connectivity index (χ4v) is 3.38. The number of nitrogens with zero attached hydrogens (tertiary/aromatic N) is 6. The highest BCUT2D eigenvalue weighted by Gasteiger charge is 2.32. The van der Waals surface area contributed by atoms with E-state index in [9.17, 15) is 13.2 Å². The van der Waals surface area contributed by atoms with E-state index >= 15 is 0 Å². The first kappa shape index (κ1) is 17.2. The molecule has 2 aliphatic rings. The van der Waals surface area contributed by atoms with Gasteiger partial charge >= 0.3 is 6.18 Å². The maximum absolute atomic E-state index is 12.6. The van der Waals surface area contributed by atoms with Crippen molar-refractivity contribution in [2.75, 3.05) is 18.0 Å². The molecule has 1 aliphatic carbocycles. The molecule has 0 radical (unpaired) electrons. The van der Waals surface area contributed by atoms with E-state index < -0.39 is 11.7 Å². The van der Waals surface area contributed by atoms with Gasteiger partial charge in [-0.2, -0.15) is 17.7 Å². The normalized spacial score (nSPS) is 20.1. The highest BCUT2D eigenvalue weighted by atomic mass is 19.4. The second-order valence-corrected chi connectivity index (χ2v) is 7.15. The average molecular weight is 390 g/mol. The number of alkyl halides is 3. The smallest absolute Gasteiger partial charge is 0.417 e. The molecule has 2 fully saturated rings. The quantitative estimate of drug-likeness (QED) is 0.682. The Kier molecular flexibility index (Phi) is 3.88. The van der Waals surface area contributed by atoms with Gasteiger partial charge in [-0.3, -0.25) is 0 Å². The summed E-state index contributed by atoms with van der Waals surface area (Å²) in [6.07, 6.45) is -0.797. The van der Waals surface area contributed by atoms with Gasteiger partial charge in [0.1, 0.15) is 11.9 Å². The Bertz CT molecular complexity index is 999. The molecule has 1 saturated heterocycles. The van der Waals surface area contributed by atoms with Gasteiger partial charge in [0, 0.05) is 31.1 Å². The molecule has 3 aromatic rings. The number of aromatic nitrogens is 5. The van der Waals surface area contributed by atoms with E-state index in [1.165, 1.54) is 6.07 Å². The minimum atomic E-state index is -4.40. The summed E-state index contributed by atoms with van der Waals surface area (Å²) in [5, 5.41) is 13.1. The molecule has 10 heteroatoms. The fraction of sp³-hybridized carbons (Fsp3) is 0.444. The van der Waals surface area contributed by atoms with Crippen LogP contribution in [0.4, 0.5) is 19.0 Å². The number of pyridine rings is 1. The zero-order valence-corrected chi connectivity index (χ0v) is 14.8. The summed E-state index contributed by atoms with van der Waals surface area (Å²) >= 11 is 0. The Labute approximate surface area is 158 Å². The van der Waals surface area contributed by atoms with Crippen molar-refractivity contribution >= 4 is 11.5 Å². The second kappa shape index (κ2) is 6.32. The van der Waals surface area contributed by atoms with E-state index in [2.05, 4.69) is 25.2 Å². The minimum Gasteiger partial charge on any atom is -0.472 e. The molecule has 5 rings (SSSR count). The van der Waals surface area contributed by atoms with Crippen molar-refractivity contribution in [3.05, 3.63) is 41.9 Å². The summed E-state index contributed by atoms with van der Waals surface area (Å²) in [5.74, 6) is 2.34. The van der Waals surface area contributed by atoms with E-state index in [1.54, 1.807) is 4.52 Å². The van der Waals surface area contributed by atoms with Crippen molar-refractivity contribution in [1.29, 1.82) is 0 Å². The highest BCUT2D eigenvalue weighted by Crippen LogP contribution is 2.39. The predicted molar refractivity (Wildman–Crippen MR) is 93.2 cm³/mol. The third-order valence-electron chi connectivity index (χ3n) is 5.04. The molecule has 0 aromatic carbocycles. The molecule has 0 bridgehead atoms. The fourth-order valence-electron chi connectivity index (χ4n) is 3.38. The van der Waals surface area contributed by atoms with Gasteiger partial charge in [0.25, 0.3) is 0 Å². The van der Waals surface area contributed by atoms with Gasteiger partial charge in [-0.15, -0.1) is 15.3 Å². The van der Waals surface area contributed by atoms with Gasteiger partial charge in [0.2, 0.25) is 5.88 Å². The standard InChI is InChI=1S/C18H17F3N6O/c19-18(20,21)12-3-6-16(22-9-12)28-13-7-8-26(10-13)15-5-4-14-23-24-17(11-1-2-11)27(14)25-15/h3-6,9,11,13H,1-2,7-8,10H2. The molecule has 1 atom stereocenters. The van der Waals surface area contributed by atoms with Crippen LogP contribution in [0.15, 0.2) is 30.5 Å². The van der Waals surface area contributed by atoms with Gasteiger partial charge in [0.15, 0.2) is 11.5 Å². The van der Waals surface area contributed by atoms with Crippen molar-refractivity contribution in [1.82, 2.24) is 24.8 Å². The summed E-state index contributed by atoms with van der Waals surface area (Å²) in [5.41, 5.74) is -0.0580. The summed E-state index contributed by atoms with van der Waals surface area (Å²) < 4.78 is 45.4. The van der Waals surface area contributed by atoms with Gasteiger partial charge in [-0.25, -0.2) is 4.98 Å². The largest absolute Gasteiger partial charge is 0.472 e. The average Bonchev–Trinajstić information content (AvgIpc) is 3.25. The lowest BCUT2D eigenvalue weighted by Crippen LogP contribution is -2.26.